The Hall–Kier alpha value is -1.85. The molecule has 106 valence electrons. The molecule has 1 aromatic heterocycles. The Morgan fingerprint density at radius 2 is 1.95 bits per heavy atom. The molecule has 0 amide bonds. The minimum absolute atomic E-state index is 0. The average Bonchev–Trinajstić information content (AvgIpc) is 2.80. The number of halogens is 1. The number of rotatable bonds is 2. The zero-order valence-corrected chi connectivity index (χ0v) is 11.9. The van der Waals surface area contributed by atoms with Gasteiger partial charge in [-0.25, -0.2) is 4.79 Å². The summed E-state index contributed by atoms with van der Waals surface area (Å²) in [4.78, 5) is 11.2. The molecule has 0 fully saturated rings. The smallest absolute Gasteiger partial charge is 0.388 e. The van der Waals surface area contributed by atoms with E-state index in [-0.39, 0.29) is 12.4 Å². The number of benzene rings is 1. The van der Waals surface area contributed by atoms with Crippen molar-refractivity contribution in [3.63, 3.8) is 0 Å². The van der Waals surface area contributed by atoms with Gasteiger partial charge in [0.15, 0.2) is 0 Å². The van der Waals surface area contributed by atoms with Gasteiger partial charge in [-0.1, -0.05) is 18.2 Å². The molecule has 6 heteroatoms. The molecule has 1 aliphatic heterocycles. The number of nitrogens with one attached hydrogen (secondary N) is 1. The second-order valence-corrected chi connectivity index (χ2v) is 4.56. The third kappa shape index (κ3) is 2.84. The molecule has 0 atom stereocenters. The molecular weight excluding hydrogens is 278 g/mol. The first-order valence-electron chi connectivity index (χ1n) is 6.29. The first-order valence-corrected chi connectivity index (χ1v) is 6.29. The van der Waals surface area contributed by atoms with Crippen LogP contribution in [0.4, 0.5) is 0 Å². The molecule has 3 rings (SSSR count). The van der Waals surface area contributed by atoms with Gasteiger partial charge in [-0.15, -0.1) is 17.5 Å². The van der Waals surface area contributed by atoms with E-state index >= 15 is 0 Å². The topological polar surface area (TPSA) is 60.1 Å². The van der Waals surface area contributed by atoms with Crippen molar-refractivity contribution in [2.24, 2.45) is 7.05 Å². The lowest BCUT2D eigenvalue weighted by atomic mass is 9.99. The van der Waals surface area contributed by atoms with Crippen LogP contribution < -0.4 is 11.1 Å². The van der Waals surface area contributed by atoms with Crippen molar-refractivity contribution in [3.05, 3.63) is 46.5 Å². The largest absolute Gasteiger partial charge is 0.437 e. The Morgan fingerprint density at radius 1 is 1.25 bits per heavy atom. The number of aromatic nitrogens is 2. The van der Waals surface area contributed by atoms with Gasteiger partial charge in [-0.3, -0.25) is 0 Å². The number of aryl methyl sites for hydroxylation is 1. The van der Waals surface area contributed by atoms with E-state index in [0.29, 0.717) is 5.89 Å². The van der Waals surface area contributed by atoms with Crippen LogP contribution in [0, 0.1) is 0 Å². The van der Waals surface area contributed by atoms with Gasteiger partial charge in [-0.2, -0.15) is 4.68 Å². The molecule has 20 heavy (non-hydrogen) atoms. The van der Waals surface area contributed by atoms with Gasteiger partial charge < -0.3 is 9.73 Å². The third-order valence-electron chi connectivity index (χ3n) is 3.26. The highest BCUT2D eigenvalue weighted by Gasteiger charge is 2.09. The second kappa shape index (κ2) is 6.07. The summed E-state index contributed by atoms with van der Waals surface area (Å²) in [6, 6.07) is 7.95. The van der Waals surface area contributed by atoms with Crippen LogP contribution in [-0.2, 0) is 7.05 Å². The summed E-state index contributed by atoms with van der Waals surface area (Å²) in [5.74, 6) is -0.0847. The summed E-state index contributed by atoms with van der Waals surface area (Å²) in [6.45, 7) is 1.94. The van der Waals surface area contributed by atoms with Crippen molar-refractivity contribution in [3.8, 4) is 11.5 Å². The lowest BCUT2D eigenvalue weighted by Crippen LogP contribution is -2.19. The Labute approximate surface area is 122 Å². The lowest BCUT2D eigenvalue weighted by molar-refractivity contribution is 0.505. The first kappa shape index (κ1) is 14.6. The van der Waals surface area contributed by atoms with Crippen molar-refractivity contribution < 1.29 is 4.42 Å². The van der Waals surface area contributed by atoms with Gasteiger partial charge in [0.1, 0.15) is 0 Å². The monoisotopic (exact) mass is 293 g/mol. The first-order chi connectivity index (χ1) is 9.24. The highest BCUT2D eigenvalue weighted by atomic mass is 35.5. The predicted octanol–water partition coefficient (Wildman–Crippen LogP) is 1.84. The zero-order valence-electron chi connectivity index (χ0n) is 11.1. The summed E-state index contributed by atoms with van der Waals surface area (Å²) in [6.07, 6.45) is 3.25. The van der Waals surface area contributed by atoms with Crippen LogP contribution in [-0.4, -0.2) is 22.9 Å². The van der Waals surface area contributed by atoms with E-state index in [4.69, 9.17) is 4.42 Å². The van der Waals surface area contributed by atoms with E-state index < -0.39 is 5.76 Å². The van der Waals surface area contributed by atoms with Crippen molar-refractivity contribution in [1.82, 2.24) is 15.1 Å². The SMILES string of the molecule is Cl.Cn1nc(-c2ccc(C3=CCNCC3)cc2)oc1=O. The molecule has 0 radical (unpaired) electrons. The molecular formula is C14H16ClN3O2. The highest BCUT2D eigenvalue weighted by Crippen LogP contribution is 2.23. The molecule has 0 saturated carbocycles. The maximum absolute atomic E-state index is 11.2. The van der Waals surface area contributed by atoms with Crippen LogP contribution in [0.1, 0.15) is 12.0 Å². The van der Waals surface area contributed by atoms with Crippen LogP contribution in [0.25, 0.3) is 17.0 Å². The number of nitrogens with zero attached hydrogens (tertiary/aromatic N) is 2. The number of hydrogen-bond acceptors (Lipinski definition) is 4. The summed E-state index contributed by atoms with van der Waals surface area (Å²) >= 11 is 0. The van der Waals surface area contributed by atoms with E-state index in [0.717, 1.165) is 25.1 Å². The standard InChI is InChI=1S/C14H15N3O2.ClH/c1-17-14(18)19-13(16-17)12-4-2-10(3-5-12)11-6-8-15-9-7-11;/h2-6,15H,7-9H2,1H3;1H. The molecule has 0 spiro atoms. The lowest BCUT2D eigenvalue weighted by Gasteiger charge is -2.14. The Kier molecular flexibility index (Phi) is 4.42. The fourth-order valence-corrected chi connectivity index (χ4v) is 2.17. The maximum atomic E-state index is 11.2. The summed E-state index contributed by atoms with van der Waals surface area (Å²) in [5, 5.41) is 7.33. The molecule has 2 heterocycles. The van der Waals surface area contributed by atoms with Crippen LogP contribution in [0.5, 0.6) is 0 Å². The Morgan fingerprint density at radius 3 is 2.50 bits per heavy atom. The fourth-order valence-electron chi connectivity index (χ4n) is 2.17. The third-order valence-corrected chi connectivity index (χ3v) is 3.26. The molecule has 2 aromatic rings. The van der Waals surface area contributed by atoms with E-state index in [9.17, 15) is 4.79 Å². The highest BCUT2D eigenvalue weighted by molar-refractivity contribution is 5.85. The van der Waals surface area contributed by atoms with E-state index in [2.05, 4.69) is 16.5 Å². The summed E-state index contributed by atoms with van der Waals surface area (Å²) in [7, 11) is 1.57. The van der Waals surface area contributed by atoms with Gasteiger partial charge in [0, 0.05) is 19.2 Å². The molecule has 1 aromatic carbocycles. The average molecular weight is 294 g/mol. The van der Waals surface area contributed by atoms with Crippen LogP contribution in [0.2, 0.25) is 0 Å². The van der Waals surface area contributed by atoms with E-state index in [1.54, 1.807) is 7.05 Å². The van der Waals surface area contributed by atoms with Crippen molar-refractivity contribution in [2.75, 3.05) is 13.1 Å². The minimum Gasteiger partial charge on any atom is -0.388 e. The van der Waals surface area contributed by atoms with Gasteiger partial charge >= 0.3 is 5.76 Å². The fraction of sp³-hybridized carbons (Fsp3) is 0.286. The molecule has 0 bridgehead atoms. The molecule has 0 saturated heterocycles. The molecule has 0 aliphatic carbocycles. The van der Waals surface area contributed by atoms with E-state index in [1.807, 2.05) is 24.3 Å². The van der Waals surface area contributed by atoms with Crippen molar-refractivity contribution in [2.45, 2.75) is 6.42 Å². The quantitative estimate of drug-likeness (QED) is 0.918. The van der Waals surface area contributed by atoms with Crippen LogP contribution in [0.3, 0.4) is 0 Å². The van der Waals surface area contributed by atoms with E-state index in [1.165, 1.54) is 15.8 Å². The normalized spacial score (nSPS) is 14.6. The van der Waals surface area contributed by atoms with Gasteiger partial charge in [0.05, 0.1) is 0 Å². The van der Waals surface area contributed by atoms with Crippen molar-refractivity contribution in [1.29, 1.82) is 0 Å². The molecule has 5 nitrogen and oxygen atoms in total. The molecule has 1 aliphatic rings. The van der Waals surface area contributed by atoms with Gasteiger partial charge in [0.25, 0.3) is 0 Å². The van der Waals surface area contributed by atoms with Gasteiger partial charge in [0.2, 0.25) is 5.89 Å². The summed E-state index contributed by atoms with van der Waals surface area (Å²) in [5.41, 5.74) is 3.38. The minimum atomic E-state index is -0.444. The zero-order chi connectivity index (χ0) is 13.2. The molecule has 0 unspecified atom stereocenters. The summed E-state index contributed by atoms with van der Waals surface area (Å²) < 4.78 is 6.25. The van der Waals surface area contributed by atoms with Gasteiger partial charge in [-0.05, 0) is 36.2 Å². The Balaban J connectivity index is 0.00000147. The molecule has 1 N–H and O–H groups in total. The maximum Gasteiger partial charge on any atom is 0.437 e. The number of hydrogen-bond donors (Lipinski definition) is 1. The van der Waals surface area contributed by atoms with Crippen LogP contribution >= 0.6 is 12.4 Å². The predicted molar refractivity (Wildman–Crippen MR) is 79.9 cm³/mol. The Bertz CT molecular complexity index is 670. The van der Waals surface area contributed by atoms with Crippen molar-refractivity contribution >= 4 is 18.0 Å². The van der Waals surface area contributed by atoms with Crippen LogP contribution in [0.15, 0.2) is 39.6 Å². The second-order valence-electron chi connectivity index (χ2n) is 4.56.